The smallest absolute Gasteiger partial charge is 0.251 e. The largest absolute Gasteiger partial charge is 0.349 e. The van der Waals surface area contributed by atoms with Gasteiger partial charge in [0.15, 0.2) is 0 Å². The lowest BCUT2D eigenvalue weighted by molar-refractivity contribution is -0.131. The lowest BCUT2D eigenvalue weighted by Crippen LogP contribution is -2.46. The number of hydrogen-bond acceptors (Lipinski definition) is 3. The van der Waals surface area contributed by atoms with Crippen LogP contribution in [0.1, 0.15) is 28.1 Å². The third-order valence-corrected chi connectivity index (χ3v) is 5.29. The Morgan fingerprint density at radius 2 is 2.00 bits per heavy atom. The molecule has 6 heteroatoms. The van der Waals surface area contributed by atoms with E-state index in [0.29, 0.717) is 30.1 Å². The van der Waals surface area contributed by atoms with Crippen LogP contribution < -0.4 is 5.32 Å². The molecule has 0 unspecified atom stereocenters. The number of nitrogens with zero attached hydrogens (tertiary/aromatic N) is 1. The van der Waals surface area contributed by atoms with Gasteiger partial charge in [-0.3, -0.25) is 9.59 Å². The van der Waals surface area contributed by atoms with Crippen LogP contribution in [-0.2, 0) is 11.2 Å². The molecule has 0 radical (unpaired) electrons. The number of carbonyl (C=O) groups excluding carboxylic acids is 2. The molecule has 0 bridgehead atoms. The van der Waals surface area contributed by atoms with Gasteiger partial charge < -0.3 is 10.2 Å². The van der Waals surface area contributed by atoms with E-state index in [1.165, 1.54) is 0 Å². The molecule has 0 atom stereocenters. The van der Waals surface area contributed by atoms with E-state index >= 15 is 0 Å². The molecule has 3 rings (SSSR count). The summed E-state index contributed by atoms with van der Waals surface area (Å²) in [4.78, 5) is 27.5. The van der Waals surface area contributed by atoms with Crippen LogP contribution >= 0.6 is 22.9 Å². The molecular formula is C18H19ClN2O2S. The van der Waals surface area contributed by atoms with Crippen molar-refractivity contribution in [2.75, 3.05) is 13.1 Å². The molecule has 1 N–H and O–H groups in total. The normalized spacial score (nSPS) is 15.3. The van der Waals surface area contributed by atoms with Crippen molar-refractivity contribution >= 4 is 34.8 Å². The maximum Gasteiger partial charge on any atom is 0.251 e. The number of amides is 2. The number of carbonyl (C=O) groups is 2. The van der Waals surface area contributed by atoms with Crippen molar-refractivity contribution in [2.24, 2.45) is 0 Å². The molecule has 1 aliphatic rings. The van der Waals surface area contributed by atoms with Gasteiger partial charge in [-0.05, 0) is 42.5 Å². The number of benzene rings is 1. The summed E-state index contributed by atoms with van der Waals surface area (Å²) in [5.74, 6) is 0.0536. The first kappa shape index (κ1) is 17.0. The van der Waals surface area contributed by atoms with Gasteiger partial charge >= 0.3 is 0 Å². The standard InChI is InChI=1S/C18H19ClN2O2S/c19-14-4-1-3-13(11-14)18(23)20-15-6-8-21(9-7-15)17(22)12-16-5-2-10-24-16/h1-5,10-11,15H,6-9,12H2,(H,20,23). The molecular weight excluding hydrogens is 344 g/mol. The second-order valence-electron chi connectivity index (χ2n) is 5.90. The van der Waals surface area contributed by atoms with Gasteiger partial charge in [0.2, 0.25) is 5.91 Å². The van der Waals surface area contributed by atoms with Crippen molar-refractivity contribution in [3.63, 3.8) is 0 Å². The minimum atomic E-state index is -0.110. The number of rotatable bonds is 4. The average Bonchev–Trinajstić information content (AvgIpc) is 3.08. The zero-order valence-electron chi connectivity index (χ0n) is 13.2. The van der Waals surface area contributed by atoms with E-state index in [2.05, 4.69) is 5.32 Å². The lowest BCUT2D eigenvalue weighted by Gasteiger charge is -2.32. The van der Waals surface area contributed by atoms with Crippen LogP contribution in [0.3, 0.4) is 0 Å². The van der Waals surface area contributed by atoms with Crippen molar-refractivity contribution in [1.29, 1.82) is 0 Å². The highest BCUT2D eigenvalue weighted by atomic mass is 35.5. The van der Waals surface area contributed by atoms with Gasteiger partial charge in [-0.2, -0.15) is 0 Å². The highest BCUT2D eigenvalue weighted by Crippen LogP contribution is 2.16. The number of piperidine rings is 1. The number of hydrogen-bond donors (Lipinski definition) is 1. The van der Waals surface area contributed by atoms with Crippen molar-refractivity contribution < 1.29 is 9.59 Å². The van der Waals surface area contributed by atoms with Crippen LogP contribution in [0, 0.1) is 0 Å². The lowest BCUT2D eigenvalue weighted by atomic mass is 10.0. The van der Waals surface area contributed by atoms with E-state index in [1.54, 1.807) is 35.6 Å². The SMILES string of the molecule is O=C(NC1CCN(C(=O)Cc2cccs2)CC1)c1cccc(Cl)c1. The monoisotopic (exact) mass is 362 g/mol. The second-order valence-corrected chi connectivity index (χ2v) is 7.36. The van der Waals surface area contributed by atoms with Gasteiger partial charge in [0, 0.05) is 34.6 Å². The number of thiophene rings is 1. The van der Waals surface area contributed by atoms with Crippen LogP contribution in [0.15, 0.2) is 41.8 Å². The Labute approximate surface area is 150 Å². The maximum atomic E-state index is 12.3. The van der Waals surface area contributed by atoms with Gasteiger partial charge in [0.05, 0.1) is 6.42 Å². The summed E-state index contributed by atoms with van der Waals surface area (Å²) in [7, 11) is 0. The average molecular weight is 363 g/mol. The number of halogens is 1. The number of nitrogens with one attached hydrogen (secondary N) is 1. The summed E-state index contributed by atoms with van der Waals surface area (Å²) in [6.45, 7) is 1.37. The predicted molar refractivity (Wildman–Crippen MR) is 96.5 cm³/mol. The third kappa shape index (κ3) is 4.36. The molecule has 126 valence electrons. The van der Waals surface area contributed by atoms with Gasteiger partial charge in [-0.25, -0.2) is 0 Å². The molecule has 1 aliphatic heterocycles. The van der Waals surface area contributed by atoms with Gasteiger partial charge in [0.1, 0.15) is 0 Å². The predicted octanol–water partition coefficient (Wildman–Crippen LogP) is 3.37. The van der Waals surface area contributed by atoms with E-state index in [9.17, 15) is 9.59 Å². The molecule has 2 amide bonds. The van der Waals surface area contributed by atoms with Crippen LogP contribution in [-0.4, -0.2) is 35.8 Å². The van der Waals surface area contributed by atoms with E-state index in [4.69, 9.17) is 11.6 Å². The summed E-state index contributed by atoms with van der Waals surface area (Å²) >= 11 is 7.53. The molecule has 0 aliphatic carbocycles. The summed E-state index contributed by atoms with van der Waals surface area (Å²) in [5.41, 5.74) is 0.568. The topological polar surface area (TPSA) is 49.4 Å². The van der Waals surface area contributed by atoms with Crippen LogP contribution in [0.5, 0.6) is 0 Å². The summed E-state index contributed by atoms with van der Waals surface area (Å²) in [6.07, 6.45) is 2.03. The van der Waals surface area contributed by atoms with Crippen molar-refractivity contribution in [2.45, 2.75) is 25.3 Å². The Balaban J connectivity index is 1.48. The molecule has 0 saturated carbocycles. The van der Waals surface area contributed by atoms with E-state index in [1.807, 2.05) is 22.4 Å². The molecule has 2 aromatic rings. The molecule has 1 fully saturated rings. The van der Waals surface area contributed by atoms with Crippen LogP contribution in [0.2, 0.25) is 5.02 Å². The molecule has 2 heterocycles. The molecule has 4 nitrogen and oxygen atoms in total. The van der Waals surface area contributed by atoms with Gasteiger partial charge in [-0.1, -0.05) is 23.7 Å². The van der Waals surface area contributed by atoms with Crippen LogP contribution in [0.25, 0.3) is 0 Å². The summed E-state index contributed by atoms with van der Waals surface area (Å²) < 4.78 is 0. The van der Waals surface area contributed by atoms with E-state index < -0.39 is 0 Å². The van der Waals surface area contributed by atoms with Crippen molar-refractivity contribution in [3.05, 3.63) is 57.2 Å². The first-order valence-corrected chi connectivity index (χ1v) is 9.24. The Morgan fingerprint density at radius 1 is 1.21 bits per heavy atom. The Hall–Kier alpha value is -1.85. The number of likely N-dealkylation sites (tertiary alicyclic amines) is 1. The van der Waals surface area contributed by atoms with E-state index in [0.717, 1.165) is 17.7 Å². The second kappa shape index (κ2) is 7.81. The molecule has 24 heavy (non-hydrogen) atoms. The van der Waals surface area contributed by atoms with E-state index in [-0.39, 0.29) is 17.9 Å². The van der Waals surface area contributed by atoms with Gasteiger partial charge in [-0.15, -0.1) is 11.3 Å². The summed E-state index contributed by atoms with van der Waals surface area (Å²) in [6, 6.07) is 11.0. The maximum absolute atomic E-state index is 12.3. The molecule has 0 spiro atoms. The Morgan fingerprint density at radius 3 is 2.67 bits per heavy atom. The van der Waals surface area contributed by atoms with Gasteiger partial charge in [0.25, 0.3) is 5.91 Å². The first-order valence-electron chi connectivity index (χ1n) is 7.98. The third-order valence-electron chi connectivity index (χ3n) is 4.18. The van der Waals surface area contributed by atoms with Crippen molar-refractivity contribution in [1.82, 2.24) is 10.2 Å². The van der Waals surface area contributed by atoms with Crippen molar-refractivity contribution in [3.8, 4) is 0 Å². The quantitative estimate of drug-likeness (QED) is 0.906. The fourth-order valence-corrected chi connectivity index (χ4v) is 3.73. The highest BCUT2D eigenvalue weighted by Gasteiger charge is 2.24. The Kier molecular flexibility index (Phi) is 5.53. The molecule has 1 aromatic heterocycles. The minimum Gasteiger partial charge on any atom is -0.349 e. The zero-order chi connectivity index (χ0) is 16.9. The fourth-order valence-electron chi connectivity index (χ4n) is 2.85. The first-order chi connectivity index (χ1) is 11.6. The highest BCUT2D eigenvalue weighted by molar-refractivity contribution is 7.10. The van der Waals surface area contributed by atoms with Crippen LogP contribution in [0.4, 0.5) is 0 Å². The zero-order valence-corrected chi connectivity index (χ0v) is 14.8. The Bertz CT molecular complexity index is 710. The fraction of sp³-hybridized carbons (Fsp3) is 0.333. The minimum absolute atomic E-state index is 0.0993. The molecule has 1 saturated heterocycles. The summed E-state index contributed by atoms with van der Waals surface area (Å²) in [5, 5.41) is 5.57. The molecule has 1 aromatic carbocycles.